The predicted molar refractivity (Wildman–Crippen MR) is 106 cm³/mol. The maximum Gasteiger partial charge on any atom is 0.230 e. The maximum absolute atomic E-state index is 12.0. The molecule has 0 aliphatic carbocycles. The molecular weight excluding hydrogens is 386 g/mol. The van der Waals surface area contributed by atoms with E-state index in [4.69, 9.17) is 22.2 Å². The minimum absolute atomic E-state index is 0.132. The summed E-state index contributed by atoms with van der Waals surface area (Å²) in [7, 11) is 0. The van der Waals surface area contributed by atoms with E-state index in [0.29, 0.717) is 29.2 Å². The van der Waals surface area contributed by atoms with Crippen LogP contribution < -0.4 is 15.9 Å². The first-order chi connectivity index (χ1) is 13.1. The third kappa shape index (κ3) is 5.38. The molecule has 0 spiro atoms. The van der Waals surface area contributed by atoms with Gasteiger partial charge in [0.25, 0.3) is 0 Å². The lowest BCUT2D eigenvalue weighted by atomic mass is 10.2. The molecule has 3 rings (SSSR count). The number of halogens is 1. The standard InChI is InChI=1S/C18H18ClN5O2S/c19-14-8-6-13(7-9-14)17-22-23-18(24(17)20)27-12-16(25)21-10-11-26-15-4-2-1-3-5-15/h1-9H,10-12,20H2,(H,21,25). The summed E-state index contributed by atoms with van der Waals surface area (Å²) in [6.45, 7) is 0.813. The first-order valence-electron chi connectivity index (χ1n) is 8.17. The second kappa shape index (κ2) is 9.29. The van der Waals surface area contributed by atoms with E-state index in [1.165, 1.54) is 16.4 Å². The van der Waals surface area contributed by atoms with Gasteiger partial charge >= 0.3 is 0 Å². The van der Waals surface area contributed by atoms with Crippen molar-refractivity contribution in [3.05, 3.63) is 59.6 Å². The lowest BCUT2D eigenvalue weighted by Crippen LogP contribution is -2.29. The molecule has 0 radical (unpaired) electrons. The van der Waals surface area contributed by atoms with Crippen LogP contribution in [-0.2, 0) is 4.79 Å². The van der Waals surface area contributed by atoms with E-state index in [1.54, 1.807) is 12.1 Å². The molecule has 1 amide bonds. The van der Waals surface area contributed by atoms with Crippen LogP contribution in [0.3, 0.4) is 0 Å². The lowest BCUT2D eigenvalue weighted by Gasteiger charge is -2.07. The van der Waals surface area contributed by atoms with E-state index in [9.17, 15) is 4.79 Å². The van der Waals surface area contributed by atoms with Crippen LogP contribution in [0, 0.1) is 0 Å². The van der Waals surface area contributed by atoms with E-state index >= 15 is 0 Å². The molecule has 2 aromatic carbocycles. The minimum Gasteiger partial charge on any atom is -0.492 e. The van der Waals surface area contributed by atoms with Gasteiger partial charge in [-0.15, -0.1) is 10.2 Å². The van der Waals surface area contributed by atoms with E-state index < -0.39 is 0 Å². The molecule has 0 aliphatic heterocycles. The minimum atomic E-state index is -0.132. The van der Waals surface area contributed by atoms with Crippen molar-refractivity contribution in [2.24, 2.45) is 0 Å². The van der Waals surface area contributed by atoms with Crippen molar-refractivity contribution in [1.29, 1.82) is 0 Å². The molecule has 0 aliphatic rings. The molecule has 0 saturated heterocycles. The Morgan fingerprint density at radius 3 is 2.63 bits per heavy atom. The zero-order chi connectivity index (χ0) is 19.1. The van der Waals surface area contributed by atoms with Crippen molar-refractivity contribution < 1.29 is 9.53 Å². The number of para-hydroxylation sites is 1. The van der Waals surface area contributed by atoms with Gasteiger partial charge in [-0.1, -0.05) is 41.6 Å². The first kappa shape index (κ1) is 19.1. The van der Waals surface area contributed by atoms with E-state index in [2.05, 4.69) is 15.5 Å². The van der Waals surface area contributed by atoms with Crippen molar-refractivity contribution in [1.82, 2.24) is 20.2 Å². The molecule has 0 fully saturated rings. The van der Waals surface area contributed by atoms with E-state index in [-0.39, 0.29) is 11.7 Å². The van der Waals surface area contributed by atoms with Gasteiger partial charge in [0, 0.05) is 10.6 Å². The Morgan fingerprint density at radius 1 is 1.15 bits per heavy atom. The number of hydrogen-bond donors (Lipinski definition) is 2. The number of hydrogen-bond acceptors (Lipinski definition) is 6. The Balaban J connectivity index is 1.44. The summed E-state index contributed by atoms with van der Waals surface area (Å²) in [4.78, 5) is 12.0. The van der Waals surface area contributed by atoms with Crippen LogP contribution in [0.25, 0.3) is 11.4 Å². The third-order valence-corrected chi connectivity index (χ3v) is 4.73. The fourth-order valence-corrected chi connectivity index (χ4v) is 3.04. The number of ether oxygens (including phenoxy) is 1. The Kier molecular flexibility index (Phi) is 6.56. The molecule has 140 valence electrons. The molecule has 0 bridgehead atoms. The number of benzene rings is 2. The zero-order valence-corrected chi connectivity index (χ0v) is 15.9. The van der Waals surface area contributed by atoms with Gasteiger partial charge in [-0.25, -0.2) is 4.68 Å². The predicted octanol–water partition coefficient (Wildman–Crippen LogP) is 2.60. The van der Waals surface area contributed by atoms with Crippen LogP contribution in [0.1, 0.15) is 0 Å². The second-order valence-corrected chi connectivity index (χ2v) is 6.86. The van der Waals surface area contributed by atoms with Gasteiger partial charge in [0.2, 0.25) is 11.1 Å². The molecule has 1 heterocycles. The SMILES string of the molecule is Nn1c(SCC(=O)NCCOc2ccccc2)nnc1-c1ccc(Cl)cc1. The highest BCUT2D eigenvalue weighted by molar-refractivity contribution is 7.99. The number of nitrogen functional groups attached to an aromatic ring is 1. The van der Waals surface area contributed by atoms with Gasteiger partial charge in [0.05, 0.1) is 12.3 Å². The van der Waals surface area contributed by atoms with Gasteiger partial charge in [0.1, 0.15) is 12.4 Å². The van der Waals surface area contributed by atoms with Crippen molar-refractivity contribution in [2.75, 3.05) is 24.7 Å². The normalized spacial score (nSPS) is 10.6. The molecule has 0 atom stereocenters. The highest BCUT2D eigenvalue weighted by atomic mass is 35.5. The number of carbonyl (C=O) groups excluding carboxylic acids is 1. The van der Waals surface area contributed by atoms with Gasteiger partial charge in [-0.05, 0) is 36.4 Å². The summed E-state index contributed by atoms with van der Waals surface area (Å²) in [5, 5.41) is 12.0. The molecule has 0 unspecified atom stereocenters. The summed E-state index contributed by atoms with van der Waals surface area (Å²) in [6, 6.07) is 16.6. The number of nitrogens with one attached hydrogen (secondary N) is 1. The molecule has 0 saturated carbocycles. The second-order valence-electron chi connectivity index (χ2n) is 5.48. The monoisotopic (exact) mass is 403 g/mol. The van der Waals surface area contributed by atoms with Crippen molar-refractivity contribution >= 4 is 29.3 Å². The topological polar surface area (TPSA) is 95.1 Å². The van der Waals surface area contributed by atoms with Gasteiger partial charge in [-0.2, -0.15) is 0 Å². The fourth-order valence-electron chi connectivity index (χ4n) is 2.23. The van der Waals surface area contributed by atoms with Crippen LogP contribution in [0.4, 0.5) is 0 Å². The molecule has 3 aromatic rings. The summed E-state index contributed by atoms with van der Waals surface area (Å²) < 4.78 is 6.88. The van der Waals surface area contributed by atoms with Gasteiger partial charge in [-0.3, -0.25) is 4.79 Å². The molecule has 1 aromatic heterocycles. The molecule has 3 N–H and O–H groups in total. The third-order valence-electron chi connectivity index (χ3n) is 3.54. The highest BCUT2D eigenvalue weighted by Crippen LogP contribution is 2.22. The molecule has 7 nitrogen and oxygen atoms in total. The number of carbonyl (C=O) groups is 1. The van der Waals surface area contributed by atoms with Crippen molar-refractivity contribution in [3.63, 3.8) is 0 Å². The number of nitrogens with zero attached hydrogens (tertiary/aromatic N) is 3. The van der Waals surface area contributed by atoms with Crippen molar-refractivity contribution in [2.45, 2.75) is 5.16 Å². The maximum atomic E-state index is 12.0. The van der Waals surface area contributed by atoms with Crippen LogP contribution in [0.15, 0.2) is 59.8 Å². The lowest BCUT2D eigenvalue weighted by molar-refractivity contribution is -0.118. The quantitative estimate of drug-likeness (QED) is 0.341. The number of rotatable bonds is 8. The summed E-state index contributed by atoms with van der Waals surface area (Å²) in [5.41, 5.74) is 0.795. The number of aromatic nitrogens is 3. The van der Waals surface area contributed by atoms with Crippen molar-refractivity contribution in [3.8, 4) is 17.1 Å². The van der Waals surface area contributed by atoms with Crippen LogP contribution in [0.2, 0.25) is 5.02 Å². The average Bonchev–Trinajstić information content (AvgIpc) is 3.05. The van der Waals surface area contributed by atoms with Gasteiger partial charge < -0.3 is 15.9 Å². The smallest absolute Gasteiger partial charge is 0.230 e. The zero-order valence-electron chi connectivity index (χ0n) is 14.3. The molecule has 9 heteroatoms. The Hall–Kier alpha value is -2.71. The van der Waals surface area contributed by atoms with Gasteiger partial charge in [0.15, 0.2) is 5.82 Å². The Bertz CT molecular complexity index is 887. The highest BCUT2D eigenvalue weighted by Gasteiger charge is 2.13. The largest absolute Gasteiger partial charge is 0.492 e. The average molecular weight is 404 g/mol. The number of amides is 1. The van der Waals surface area contributed by atoms with E-state index in [0.717, 1.165) is 11.3 Å². The first-order valence-corrected chi connectivity index (χ1v) is 9.53. The summed E-state index contributed by atoms with van der Waals surface area (Å²) in [5.74, 6) is 7.36. The van der Waals surface area contributed by atoms with E-state index in [1.807, 2.05) is 42.5 Å². The van der Waals surface area contributed by atoms with Crippen LogP contribution >= 0.6 is 23.4 Å². The van der Waals surface area contributed by atoms with Crippen LogP contribution in [-0.4, -0.2) is 39.7 Å². The number of nitrogens with two attached hydrogens (primary N) is 1. The Morgan fingerprint density at radius 2 is 1.89 bits per heavy atom. The molecular formula is C18H18ClN5O2S. The summed E-state index contributed by atoms with van der Waals surface area (Å²) >= 11 is 7.10. The van der Waals surface area contributed by atoms with Crippen LogP contribution in [0.5, 0.6) is 5.75 Å². The number of thioether (sulfide) groups is 1. The molecule has 27 heavy (non-hydrogen) atoms. The Labute approximate surface area is 165 Å². The fraction of sp³-hybridized carbons (Fsp3) is 0.167. The summed E-state index contributed by atoms with van der Waals surface area (Å²) in [6.07, 6.45) is 0.